The van der Waals surface area contributed by atoms with Crippen LogP contribution in [0.1, 0.15) is 34.6 Å². The SMILES string of the molecule is COC(=O)CCC(=O)Cl.Cn1nc(NCl)c2ncnc(C(=O)NCc3ccnc(C(F)(F)F)c3)c21. The maximum absolute atomic E-state index is 12.7. The summed E-state index contributed by atoms with van der Waals surface area (Å²) in [5.41, 5.74) is -0.0877. The van der Waals surface area contributed by atoms with Gasteiger partial charge in [0.15, 0.2) is 11.5 Å². The minimum atomic E-state index is -4.56. The summed E-state index contributed by atoms with van der Waals surface area (Å²) in [7, 11) is 2.85. The van der Waals surface area contributed by atoms with Crippen LogP contribution in [0, 0.1) is 0 Å². The molecule has 3 heterocycles. The van der Waals surface area contributed by atoms with Gasteiger partial charge in [-0.05, 0) is 29.3 Å². The van der Waals surface area contributed by atoms with Gasteiger partial charge in [0.05, 0.1) is 13.5 Å². The molecule has 0 atom stereocenters. The van der Waals surface area contributed by atoms with E-state index in [0.717, 1.165) is 12.3 Å². The number of carbonyl (C=O) groups is 3. The summed E-state index contributed by atoms with van der Waals surface area (Å²) in [6, 6.07) is 2.25. The van der Waals surface area contributed by atoms with Gasteiger partial charge in [-0.1, -0.05) is 0 Å². The van der Waals surface area contributed by atoms with Gasteiger partial charge in [0, 0.05) is 38.0 Å². The highest BCUT2D eigenvalue weighted by atomic mass is 35.5. The molecule has 0 aliphatic rings. The zero-order valence-corrected chi connectivity index (χ0v) is 19.7. The van der Waals surface area contributed by atoms with Crippen molar-refractivity contribution in [1.29, 1.82) is 0 Å². The average Bonchev–Trinajstić information content (AvgIpc) is 3.16. The molecule has 1 amide bonds. The minimum absolute atomic E-state index is 0.0215. The third kappa shape index (κ3) is 7.75. The summed E-state index contributed by atoms with van der Waals surface area (Å²) in [5, 5.41) is 6.07. The van der Waals surface area contributed by atoms with Gasteiger partial charge in [0.1, 0.15) is 23.1 Å². The lowest BCUT2D eigenvalue weighted by Crippen LogP contribution is -2.25. The first kappa shape index (κ1) is 27.7. The second-order valence-corrected chi connectivity index (χ2v) is 7.26. The maximum Gasteiger partial charge on any atom is 0.433 e. The van der Waals surface area contributed by atoms with E-state index in [0.29, 0.717) is 11.0 Å². The van der Waals surface area contributed by atoms with Crippen molar-refractivity contribution >= 4 is 57.3 Å². The highest BCUT2D eigenvalue weighted by Crippen LogP contribution is 2.27. The van der Waals surface area contributed by atoms with Crippen LogP contribution in [-0.4, -0.2) is 49.0 Å². The van der Waals surface area contributed by atoms with E-state index in [-0.39, 0.29) is 36.5 Å². The van der Waals surface area contributed by atoms with E-state index >= 15 is 0 Å². The van der Waals surface area contributed by atoms with Crippen molar-refractivity contribution in [3.63, 3.8) is 0 Å². The van der Waals surface area contributed by atoms with Crippen LogP contribution >= 0.6 is 23.4 Å². The van der Waals surface area contributed by atoms with Crippen LogP contribution < -0.4 is 10.2 Å². The number of esters is 1. The molecule has 3 aromatic rings. The van der Waals surface area contributed by atoms with Crippen LogP contribution in [0.3, 0.4) is 0 Å². The van der Waals surface area contributed by atoms with Gasteiger partial charge in [-0.2, -0.15) is 18.3 Å². The normalized spacial score (nSPS) is 10.8. The van der Waals surface area contributed by atoms with Crippen LogP contribution in [0.2, 0.25) is 0 Å². The summed E-state index contributed by atoms with van der Waals surface area (Å²) >= 11 is 10.5. The molecule has 0 spiro atoms. The second kappa shape index (κ2) is 12.3. The van der Waals surface area contributed by atoms with Gasteiger partial charge in [0.25, 0.3) is 5.91 Å². The van der Waals surface area contributed by atoms with Gasteiger partial charge in [-0.25, -0.2) is 9.97 Å². The molecule has 0 aromatic carbocycles. The quantitative estimate of drug-likeness (QED) is 0.265. The second-order valence-electron chi connectivity index (χ2n) is 6.65. The van der Waals surface area contributed by atoms with Crippen molar-refractivity contribution in [1.82, 2.24) is 30.0 Å². The van der Waals surface area contributed by atoms with Gasteiger partial charge in [-0.15, -0.1) is 0 Å². The Hall–Kier alpha value is -3.52. The van der Waals surface area contributed by atoms with Gasteiger partial charge < -0.3 is 10.1 Å². The molecule has 2 N–H and O–H groups in total. The fourth-order valence-electron chi connectivity index (χ4n) is 2.64. The fraction of sp³-hybridized carbons (Fsp3) is 0.316. The molecular formula is C19H18Cl2F3N7O4. The van der Waals surface area contributed by atoms with E-state index in [1.807, 2.05) is 0 Å². The molecule has 0 unspecified atom stereocenters. The number of rotatable bonds is 7. The van der Waals surface area contributed by atoms with E-state index in [9.17, 15) is 27.6 Å². The zero-order chi connectivity index (χ0) is 26.2. The van der Waals surface area contributed by atoms with Crippen molar-refractivity contribution in [2.75, 3.05) is 11.9 Å². The fourth-order valence-corrected chi connectivity index (χ4v) is 2.87. The van der Waals surface area contributed by atoms with Crippen LogP contribution in [0.5, 0.6) is 0 Å². The molecule has 3 aromatic heterocycles. The number of nitrogens with zero attached hydrogens (tertiary/aromatic N) is 5. The lowest BCUT2D eigenvalue weighted by molar-refractivity contribution is -0.142. The van der Waals surface area contributed by atoms with Crippen LogP contribution in [0.4, 0.5) is 19.0 Å². The Morgan fingerprint density at radius 3 is 2.49 bits per heavy atom. The first-order chi connectivity index (χ1) is 16.5. The van der Waals surface area contributed by atoms with Crippen LogP contribution in [0.15, 0.2) is 24.7 Å². The summed E-state index contributed by atoms with van der Waals surface area (Å²) < 4.78 is 43.7. The van der Waals surface area contributed by atoms with Crippen molar-refractivity contribution in [3.05, 3.63) is 41.6 Å². The predicted octanol–water partition coefficient (Wildman–Crippen LogP) is 2.98. The lowest BCUT2D eigenvalue weighted by atomic mass is 10.2. The Kier molecular flexibility index (Phi) is 9.71. The number of nitrogens with one attached hydrogen (secondary N) is 2. The molecule has 0 aliphatic heterocycles. The lowest BCUT2D eigenvalue weighted by Gasteiger charge is -2.09. The largest absolute Gasteiger partial charge is 0.469 e. The summed E-state index contributed by atoms with van der Waals surface area (Å²) in [6.07, 6.45) is -2.23. The van der Waals surface area contributed by atoms with E-state index in [2.05, 4.69) is 34.9 Å². The molecule has 0 saturated heterocycles. The van der Waals surface area contributed by atoms with Crippen LogP contribution in [-0.2, 0) is 34.1 Å². The summed E-state index contributed by atoms with van der Waals surface area (Å²) in [6.45, 7) is -0.131. The van der Waals surface area contributed by atoms with Crippen molar-refractivity contribution in [2.24, 2.45) is 7.05 Å². The molecule has 35 heavy (non-hydrogen) atoms. The van der Waals surface area contributed by atoms with Crippen LogP contribution in [0.25, 0.3) is 11.0 Å². The molecule has 0 saturated carbocycles. The molecule has 188 valence electrons. The van der Waals surface area contributed by atoms with Gasteiger partial charge in [-0.3, -0.25) is 28.9 Å². The van der Waals surface area contributed by atoms with E-state index in [1.165, 1.54) is 24.2 Å². The van der Waals surface area contributed by atoms with E-state index in [1.54, 1.807) is 7.05 Å². The van der Waals surface area contributed by atoms with E-state index in [4.69, 9.17) is 23.4 Å². The van der Waals surface area contributed by atoms with Gasteiger partial charge in [0.2, 0.25) is 5.24 Å². The standard InChI is InChI=1S/C14H11ClF3N7O.C5H7ClO3/c1-25-11-9(12(23-15)24-25)21-6-22-10(11)13(26)20-5-7-2-3-19-8(4-7)14(16,17)18;1-9-5(8)3-2-4(6)7/h2-4,6H,5H2,1H3,(H,20,26)(H,23,24);2-3H2,1H3. The zero-order valence-electron chi connectivity index (χ0n) is 18.2. The Morgan fingerprint density at radius 2 is 1.89 bits per heavy atom. The topological polar surface area (TPSA) is 141 Å². The number of hydrogen-bond acceptors (Lipinski definition) is 9. The Balaban J connectivity index is 0.000000410. The first-order valence-corrected chi connectivity index (χ1v) is 10.3. The molecular weight excluding hydrogens is 518 g/mol. The molecule has 0 aliphatic carbocycles. The van der Waals surface area contributed by atoms with Crippen molar-refractivity contribution in [2.45, 2.75) is 25.6 Å². The van der Waals surface area contributed by atoms with Crippen molar-refractivity contribution in [3.8, 4) is 0 Å². The smallest absolute Gasteiger partial charge is 0.433 e. The van der Waals surface area contributed by atoms with Crippen molar-refractivity contribution < 1.29 is 32.3 Å². The highest BCUT2D eigenvalue weighted by Gasteiger charge is 2.32. The first-order valence-electron chi connectivity index (χ1n) is 9.57. The highest BCUT2D eigenvalue weighted by molar-refractivity contribution is 6.63. The summed E-state index contributed by atoms with van der Waals surface area (Å²) in [4.78, 5) is 46.3. The average molecular weight is 536 g/mol. The third-order valence-electron chi connectivity index (χ3n) is 4.25. The van der Waals surface area contributed by atoms with Gasteiger partial charge >= 0.3 is 12.1 Å². The predicted molar refractivity (Wildman–Crippen MR) is 118 cm³/mol. The number of fused-ring (bicyclic) bond motifs is 1. The Bertz CT molecular complexity index is 1220. The molecule has 0 radical (unpaired) electrons. The number of ether oxygens (including phenoxy) is 1. The number of aromatic nitrogens is 5. The third-order valence-corrected chi connectivity index (χ3v) is 4.61. The monoisotopic (exact) mass is 535 g/mol. The Labute approximate surface area is 206 Å². The summed E-state index contributed by atoms with van der Waals surface area (Å²) in [5.74, 6) is -0.750. The number of anilines is 1. The minimum Gasteiger partial charge on any atom is -0.469 e. The number of amides is 1. The molecule has 0 fully saturated rings. The van der Waals surface area contributed by atoms with E-state index < -0.39 is 29.0 Å². The number of aryl methyl sites for hydroxylation is 1. The molecule has 3 rings (SSSR count). The molecule has 16 heteroatoms. The number of halogens is 5. The number of alkyl halides is 3. The number of pyridine rings is 1. The molecule has 11 nitrogen and oxygen atoms in total. The number of methoxy groups -OCH3 is 1. The number of carbonyl (C=O) groups excluding carboxylic acids is 3. The maximum atomic E-state index is 12.7. The molecule has 0 bridgehead atoms. The number of hydrogen-bond donors (Lipinski definition) is 2. The Morgan fingerprint density at radius 1 is 1.17 bits per heavy atom.